The molecule has 3 aromatic rings. The topological polar surface area (TPSA) is 75.9 Å². The van der Waals surface area contributed by atoms with E-state index in [1.807, 2.05) is 29.2 Å². The Labute approximate surface area is 182 Å². The van der Waals surface area contributed by atoms with E-state index in [0.29, 0.717) is 38.3 Å². The average molecular weight is 448 g/mol. The van der Waals surface area contributed by atoms with Gasteiger partial charge in [0.15, 0.2) is 5.65 Å². The maximum absolute atomic E-state index is 13.1. The lowest BCUT2D eigenvalue weighted by molar-refractivity contribution is -0.146. The normalized spacial score (nSPS) is 15.2. The van der Waals surface area contributed by atoms with E-state index in [1.54, 1.807) is 25.1 Å². The van der Waals surface area contributed by atoms with Crippen molar-refractivity contribution in [3.8, 4) is 5.75 Å². The molecule has 1 amide bonds. The summed E-state index contributed by atoms with van der Waals surface area (Å²) in [5.74, 6) is -0.0727. The van der Waals surface area contributed by atoms with Crippen molar-refractivity contribution in [2.45, 2.75) is 25.6 Å². The standard InChI is InChI=1S/C21H23F3N6O2/c1-28(13-14-3-5-16(32-2)6-4-14)19(31)15-9-11-29(12-10-15)18-8-7-17-25-26-20(21(22,23)24)30(17)27-18/h3-8,15H,9-13H2,1-2H3. The molecule has 1 aliphatic rings. The van der Waals surface area contributed by atoms with Gasteiger partial charge in [0.05, 0.1) is 7.11 Å². The van der Waals surface area contributed by atoms with Crippen molar-refractivity contribution in [1.29, 1.82) is 0 Å². The number of benzene rings is 1. The second kappa shape index (κ2) is 8.64. The van der Waals surface area contributed by atoms with Crippen LogP contribution >= 0.6 is 0 Å². The molecule has 1 fully saturated rings. The number of piperidine rings is 1. The van der Waals surface area contributed by atoms with Gasteiger partial charge in [-0.2, -0.15) is 17.7 Å². The van der Waals surface area contributed by atoms with Crippen LogP contribution in [-0.4, -0.2) is 57.9 Å². The van der Waals surface area contributed by atoms with Crippen molar-refractivity contribution in [1.82, 2.24) is 24.7 Å². The maximum Gasteiger partial charge on any atom is 0.453 e. The fourth-order valence-corrected chi connectivity index (χ4v) is 3.87. The molecule has 1 aromatic carbocycles. The summed E-state index contributed by atoms with van der Waals surface area (Å²) in [4.78, 5) is 16.5. The van der Waals surface area contributed by atoms with Crippen LogP contribution in [-0.2, 0) is 17.5 Å². The number of carbonyl (C=O) groups is 1. The quantitative estimate of drug-likeness (QED) is 0.597. The summed E-state index contributed by atoms with van der Waals surface area (Å²) in [5.41, 5.74) is 1.04. The predicted molar refractivity (Wildman–Crippen MR) is 110 cm³/mol. The lowest BCUT2D eigenvalue weighted by Gasteiger charge is -2.33. The van der Waals surface area contributed by atoms with Gasteiger partial charge >= 0.3 is 6.18 Å². The van der Waals surface area contributed by atoms with Crippen molar-refractivity contribution in [3.05, 3.63) is 47.8 Å². The highest BCUT2D eigenvalue weighted by Crippen LogP contribution is 2.29. The Balaban J connectivity index is 1.38. The van der Waals surface area contributed by atoms with Gasteiger partial charge in [-0.1, -0.05) is 12.1 Å². The molecule has 0 unspecified atom stereocenters. The van der Waals surface area contributed by atoms with E-state index in [9.17, 15) is 18.0 Å². The molecule has 3 heterocycles. The first-order valence-corrected chi connectivity index (χ1v) is 10.2. The van der Waals surface area contributed by atoms with Crippen LogP contribution in [0.15, 0.2) is 36.4 Å². The molecule has 0 atom stereocenters. The van der Waals surface area contributed by atoms with Crippen LogP contribution in [0.25, 0.3) is 5.65 Å². The van der Waals surface area contributed by atoms with Crippen LogP contribution in [0, 0.1) is 5.92 Å². The van der Waals surface area contributed by atoms with Gasteiger partial charge in [0.25, 0.3) is 5.82 Å². The molecular weight excluding hydrogens is 425 g/mol. The number of hydrogen-bond donors (Lipinski definition) is 0. The van der Waals surface area contributed by atoms with Crippen LogP contribution in [0.1, 0.15) is 24.2 Å². The van der Waals surface area contributed by atoms with Gasteiger partial charge in [-0.15, -0.1) is 15.3 Å². The Kier molecular flexibility index (Phi) is 5.90. The minimum absolute atomic E-state index is 0.0336. The third kappa shape index (κ3) is 4.46. The first kappa shape index (κ1) is 21.8. The Morgan fingerprint density at radius 2 is 1.81 bits per heavy atom. The highest BCUT2D eigenvalue weighted by atomic mass is 19.4. The van der Waals surface area contributed by atoms with Crippen molar-refractivity contribution < 1.29 is 22.7 Å². The predicted octanol–water partition coefficient (Wildman–Crippen LogP) is 3.03. The van der Waals surface area contributed by atoms with E-state index in [-0.39, 0.29) is 17.5 Å². The minimum Gasteiger partial charge on any atom is -0.497 e. The molecule has 32 heavy (non-hydrogen) atoms. The van der Waals surface area contributed by atoms with Gasteiger partial charge in [0.2, 0.25) is 5.91 Å². The first-order valence-electron chi connectivity index (χ1n) is 10.2. The number of aromatic nitrogens is 4. The molecule has 170 valence electrons. The number of methoxy groups -OCH3 is 1. The zero-order valence-corrected chi connectivity index (χ0v) is 17.7. The van der Waals surface area contributed by atoms with Crippen LogP contribution in [0.5, 0.6) is 5.75 Å². The van der Waals surface area contributed by atoms with Crippen LogP contribution in [0.4, 0.5) is 19.0 Å². The fraction of sp³-hybridized carbons (Fsp3) is 0.429. The molecule has 8 nitrogen and oxygen atoms in total. The number of hydrogen-bond acceptors (Lipinski definition) is 6. The number of ether oxygens (including phenoxy) is 1. The Bertz CT molecular complexity index is 1090. The molecule has 1 saturated heterocycles. The van der Waals surface area contributed by atoms with Gasteiger partial charge in [-0.05, 0) is 42.7 Å². The van der Waals surface area contributed by atoms with Gasteiger partial charge in [-0.3, -0.25) is 4.79 Å². The highest BCUT2D eigenvalue weighted by Gasteiger charge is 2.38. The van der Waals surface area contributed by atoms with E-state index in [4.69, 9.17) is 4.74 Å². The monoisotopic (exact) mass is 448 g/mol. The smallest absolute Gasteiger partial charge is 0.453 e. The van der Waals surface area contributed by atoms with Crippen LogP contribution in [0.2, 0.25) is 0 Å². The van der Waals surface area contributed by atoms with Gasteiger partial charge in [0.1, 0.15) is 11.6 Å². The number of halogens is 3. The third-order valence-electron chi connectivity index (χ3n) is 5.63. The second-order valence-corrected chi connectivity index (χ2v) is 7.79. The fourth-order valence-electron chi connectivity index (χ4n) is 3.87. The lowest BCUT2D eigenvalue weighted by atomic mass is 9.95. The Morgan fingerprint density at radius 1 is 1.12 bits per heavy atom. The van der Waals surface area contributed by atoms with E-state index >= 15 is 0 Å². The number of nitrogens with zero attached hydrogens (tertiary/aromatic N) is 6. The molecule has 1 aliphatic heterocycles. The van der Waals surface area contributed by atoms with Crippen molar-refractivity contribution in [3.63, 3.8) is 0 Å². The first-order chi connectivity index (χ1) is 15.3. The molecule has 4 rings (SSSR count). The number of alkyl halides is 3. The van der Waals surface area contributed by atoms with Crippen molar-refractivity contribution >= 4 is 17.4 Å². The molecule has 2 aromatic heterocycles. The molecule has 0 N–H and O–H groups in total. The SMILES string of the molecule is COc1ccc(CN(C)C(=O)C2CCN(c3ccc4nnc(C(F)(F)F)n4n3)CC2)cc1. The summed E-state index contributed by atoms with van der Waals surface area (Å²) < 4.78 is 45.2. The summed E-state index contributed by atoms with van der Waals surface area (Å²) in [7, 11) is 3.38. The number of rotatable bonds is 5. The minimum atomic E-state index is -4.64. The highest BCUT2D eigenvalue weighted by molar-refractivity contribution is 5.79. The second-order valence-electron chi connectivity index (χ2n) is 7.79. The molecule has 0 saturated carbocycles. The van der Waals surface area contributed by atoms with Crippen molar-refractivity contribution in [2.24, 2.45) is 5.92 Å². The molecular formula is C21H23F3N6O2. The Hall–Kier alpha value is -3.37. The van der Waals surface area contributed by atoms with E-state index in [2.05, 4.69) is 15.3 Å². The van der Waals surface area contributed by atoms with Crippen LogP contribution < -0.4 is 9.64 Å². The van der Waals surface area contributed by atoms with E-state index in [0.717, 1.165) is 15.8 Å². The zero-order chi connectivity index (χ0) is 22.9. The molecule has 11 heteroatoms. The van der Waals surface area contributed by atoms with Gasteiger partial charge < -0.3 is 14.5 Å². The number of anilines is 1. The van der Waals surface area contributed by atoms with Gasteiger partial charge in [-0.25, -0.2) is 0 Å². The molecule has 0 spiro atoms. The Morgan fingerprint density at radius 3 is 2.44 bits per heavy atom. The van der Waals surface area contributed by atoms with Crippen molar-refractivity contribution in [2.75, 3.05) is 32.1 Å². The third-order valence-corrected chi connectivity index (χ3v) is 5.63. The van der Waals surface area contributed by atoms with E-state index in [1.165, 1.54) is 6.07 Å². The summed E-state index contributed by atoms with van der Waals surface area (Å²) in [6, 6.07) is 10.7. The number of fused-ring (bicyclic) bond motifs is 1. The zero-order valence-electron chi connectivity index (χ0n) is 17.7. The summed E-state index contributed by atoms with van der Waals surface area (Å²) >= 11 is 0. The largest absolute Gasteiger partial charge is 0.497 e. The summed E-state index contributed by atoms with van der Waals surface area (Å²) in [6.07, 6.45) is -3.45. The summed E-state index contributed by atoms with van der Waals surface area (Å²) in [5, 5.41) is 10.8. The molecule has 0 radical (unpaired) electrons. The van der Waals surface area contributed by atoms with Crippen LogP contribution in [0.3, 0.4) is 0 Å². The number of carbonyl (C=O) groups excluding carboxylic acids is 1. The number of amides is 1. The summed E-state index contributed by atoms with van der Waals surface area (Å²) in [6.45, 7) is 1.54. The van der Waals surface area contributed by atoms with E-state index < -0.39 is 12.0 Å². The van der Waals surface area contributed by atoms with Gasteiger partial charge in [0, 0.05) is 32.6 Å². The lowest BCUT2D eigenvalue weighted by Crippen LogP contribution is -2.41. The average Bonchev–Trinajstić information content (AvgIpc) is 3.23. The maximum atomic E-state index is 13.1. The molecule has 0 bridgehead atoms. The molecule has 0 aliphatic carbocycles.